The molecule has 4 rings (SSSR count). The van der Waals surface area contributed by atoms with Crippen molar-refractivity contribution in [1.82, 2.24) is 18.9 Å². The van der Waals surface area contributed by atoms with Crippen LogP contribution >= 0.6 is 0 Å². The van der Waals surface area contributed by atoms with Gasteiger partial charge in [-0.1, -0.05) is 6.07 Å². The van der Waals surface area contributed by atoms with Gasteiger partial charge in [-0.15, -0.1) is 0 Å². The van der Waals surface area contributed by atoms with E-state index in [0.717, 1.165) is 6.92 Å². The second-order valence-electron chi connectivity index (χ2n) is 5.77. The lowest BCUT2D eigenvalue weighted by Crippen LogP contribution is -2.30. The molecule has 3 aromatic heterocycles. The molecule has 4 aromatic rings. The average Bonchev–Trinajstić information content (AvgIpc) is 3.03. The number of hydrogen-bond donors (Lipinski definition) is 1. The van der Waals surface area contributed by atoms with Gasteiger partial charge in [0.15, 0.2) is 5.65 Å². The van der Waals surface area contributed by atoms with Crippen molar-refractivity contribution in [3.8, 4) is 5.69 Å². The first-order valence-electron chi connectivity index (χ1n) is 7.46. The Morgan fingerprint density at radius 2 is 1.96 bits per heavy atom. The van der Waals surface area contributed by atoms with Gasteiger partial charge in [-0.2, -0.15) is 0 Å². The van der Waals surface area contributed by atoms with E-state index < -0.39 is 17.2 Å². The molecule has 0 aliphatic heterocycles. The maximum Gasteiger partial charge on any atom is 0.333 e. The van der Waals surface area contributed by atoms with Crippen LogP contribution in [-0.4, -0.2) is 18.9 Å². The van der Waals surface area contributed by atoms with Crippen LogP contribution < -0.4 is 11.2 Å². The smallest absolute Gasteiger partial charge is 0.305 e. The molecule has 1 aromatic carbocycles. The number of hydrogen-bond acceptors (Lipinski definition) is 3. The Morgan fingerprint density at radius 1 is 1.16 bits per heavy atom. The first kappa shape index (κ1) is 15.3. The lowest BCUT2D eigenvalue weighted by atomic mass is 10.1. The predicted octanol–water partition coefficient (Wildman–Crippen LogP) is 2.44. The molecule has 25 heavy (non-hydrogen) atoms. The normalized spacial score (nSPS) is 12.1. The number of rotatable bonds is 2. The molecule has 0 bridgehead atoms. The first-order valence-corrected chi connectivity index (χ1v) is 7.46. The van der Waals surface area contributed by atoms with Gasteiger partial charge in [0.25, 0.3) is 11.5 Å². The summed E-state index contributed by atoms with van der Waals surface area (Å²) in [5.74, 6) is -3.10. The molecule has 0 unspecified atom stereocenters. The second-order valence-corrected chi connectivity index (χ2v) is 5.77. The van der Waals surface area contributed by atoms with Gasteiger partial charge in [0.05, 0.1) is 16.6 Å². The number of nitrogens with zero attached hydrogens (tertiary/aromatic N) is 3. The predicted molar refractivity (Wildman–Crippen MR) is 88.5 cm³/mol. The van der Waals surface area contributed by atoms with Crippen LogP contribution in [-0.2, 0) is 5.92 Å². The number of aromatic nitrogens is 4. The summed E-state index contributed by atoms with van der Waals surface area (Å²) in [6.07, 6.45) is 5.00. The van der Waals surface area contributed by atoms with Crippen molar-refractivity contribution < 1.29 is 8.78 Å². The maximum absolute atomic E-state index is 13.7. The summed E-state index contributed by atoms with van der Waals surface area (Å²) in [4.78, 5) is 31.0. The molecule has 0 amide bonds. The summed E-state index contributed by atoms with van der Waals surface area (Å²) in [5, 5.41) is 0.140. The zero-order valence-electron chi connectivity index (χ0n) is 13.0. The van der Waals surface area contributed by atoms with Gasteiger partial charge in [-0.3, -0.25) is 14.3 Å². The number of alkyl halides is 2. The molecule has 126 valence electrons. The van der Waals surface area contributed by atoms with Crippen LogP contribution in [0.25, 0.3) is 22.2 Å². The SMILES string of the molecule is CC(F)(F)c1ccc2c(=O)[nH]c(=O)n(-c3cccn4ccnc34)c2c1. The van der Waals surface area contributed by atoms with Gasteiger partial charge >= 0.3 is 5.69 Å². The molecule has 0 saturated heterocycles. The van der Waals surface area contributed by atoms with E-state index in [-0.39, 0.29) is 16.5 Å². The third kappa shape index (κ3) is 2.34. The summed E-state index contributed by atoms with van der Waals surface area (Å²) in [5.41, 5.74) is -0.678. The summed E-state index contributed by atoms with van der Waals surface area (Å²) in [6.45, 7) is 0.763. The molecule has 8 heteroatoms. The lowest BCUT2D eigenvalue weighted by molar-refractivity contribution is 0.0176. The molecule has 0 atom stereocenters. The standard InChI is InChI=1S/C17H12F2N4O2/c1-17(18,19)10-4-5-11-13(9-10)23(16(25)21-15(11)24)12-3-2-7-22-8-6-20-14(12)22/h2-9H,1H3,(H,21,24,25). The van der Waals surface area contributed by atoms with E-state index in [1.165, 1.54) is 22.8 Å². The number of fused-ring (bicyclic) bond motifs is 2. The van der Waals surface area contributed by atoms with Gasteiger partial charge in [-0.05, 0) is 24.3 Å². The zero-order valence-corrected chi connectivity index (χ0v) is 13.0. The van der Waals surface area contributed by atoms with E-state index in [1.54, 1.807) is 35.1 Å². The fourth-order valence-electron chi connectivity index (χ4n) is 2.86. The van der Waals surface area contributed by atoms with Crippen molar-refractivity contribution in [2.75, 3.05) is 0 Å². The summed E-state index contributed by atoms with van der Waals surface area (Å²) >= 11 is 0. The monoisotopic (exact) mass is 342 g/mol. The number of aromatic amines is 1. The van der Waals surface area contributed by atoms with E-state index in [1.807, 2.05) is 0 Å². The first-order chi connectivity index (χ1) is 11.9. The van der Waals surface area contributed by atoms with Crippen LogP contribution in [0.15, 0.2) is 58.5 Å². The van der Waals surface area contributed by atoms with E-state index in [4.69, 9.17) is 0 Å². The van der Waals surface area contributed by atoms with Crippen molar-refractivity contribution in [3.63, 3.8) is 0 Å². The van der Waals surface area contributed by atoms with Crippen LogP contribution in [0.4, 0.5) is 8.78 Å². The lowest BCUT2D eigenvalue weighted by Gasteiger charge is -2.14. The Kier molecular flexibility index (Phi) is 3.11. The van der Waals surface area contributed by atoms with E-state index in [9.17, 15) is 18.4 Å². The largest absolute Gasteiger partial charge is 0.333 e. The van der Waals surface area contributed by atoms with Crippen LogP contribution in [0.2, 0.25) is 0 Å². The topological polar surface area (TPSA) is 72.2 Å². The molecule has 0 radical (unpaired) electrons. The van der Waals surface area contributed by atoms with E-state index in [2.05, 4.69) is 9.97 Å². The zero-order chi connectivity index (χ0) is 17.8. The van der Waals surface area contributed by atoms with Crippen molar-refractivity contribution in [1.29, 1.82) is 0 Å². The molecule has 0 aliphatic carbocycles. The third-order valence-electron chi connectivity index (χ3n) is 4.05. The Bertz CT molecular complexity index is 1230. The molecule has 0 saturated carbocycles. The van der Waals surface area contributed by atoms with E-state index >= 15 is 0 Å². The van der Waals surface area contributed by atoms with Crippen LogP contribution in [0.3, 0.4) is 0 Å². The summed E-state index contributed by atoms with van der Waals surface area (Å²) < 4.78 is 30.3. The van der Waals surface area contributed by atoms with Gasteiger partial charge < -0.3 is 4.40 Å². The fourth-order valence-corrected chi connectivity index (χ4v) is 2.86. The quantitative estimate of drug-likeness (QED) is 0.608. The second kappa shape index (κ2) is 5.10. The minimum atomic E-state index is -3.10. The number of benzene rings is 1. The van der Waals surface area contributed by atoms with Crippen molar-refractivity contribution in [2.45, 2.75) is 12.8 Å². The van der Waals surface area contributed by atoms with Crippen molar-refractivity contribution in [2.24, 2.45) is 0 Å². The van der Waals surface area contributed by atoms with Gasteiger partial charge in [0.1, 0.15) is 0 Å². The highest BCUT2D eigenvalue weighted by Crippen LogP contribution is 2.29. The molecular weight excluding hydrogens is 330 g/mol. The van der Waals surface area contributed by atoms with Gasteiger partial charge in [0.2, 0.25) is 0 Å². The van der Waals surface area contributed by atoms with Crippen molar-refractivity contribution >= 4 is 16.6 Å². The van der Waals surface area contributed by atoms with Crippen LogP contribution in [0, 0.1) is 0 Å². The highest BCUT2D eigenvalue weighted by Gasteiger charge is 2.25. The maximum atomic E-state index is 13.7. The van der Waals surface area contributed by atoms with Gasteiger partial charge in [-0.25, -0.2) is 18.6 Å². The number of pyridine rings is 1. The molecule has 3 heterocycles. The Balaban J connectivity index is 2.18. The fraction of sp³-hybridized carbons (Fsp3) is 0.118. The van der Waals surface area contributed by atoms with Crippen molar-refractivity contribution in [3.05, 3.63) is 75.3 Å². The highest BCUT2D eigenvalue weighted by atomic mass is 19.3. The molecule has 0 spiro atoms. The molecule has 0 fully saturated rings. The Hall–Kier alpha value is -3.29. The molecular formula is C17H12F2N4O2. The van der Waals surface area contributed by atoms with Crippen LogP contribution in [0.5, 0.6) is 0 Å². The highest BCUT2D eigenvalue weighted by molar-refractivity contribution is 5.82. The molecule has 1 N–H and O–H groups in total. The number of imidazole rings is 1. The van der Waals surface area contributed by atoms with Gasteiger partial charge in [0, 0.05) is 31.1 Å². The molecule has 0 aliphatic rings. The van der Waals surface area contributed by atoms with Crippen LogP contribution in [0.1, 0.15) is 12.5 Å². The third-order valence-corrected chi connectivity index (χ3v) is 4.05. The summed E-state index contributed by atoms with van der Waals surface area (Å²) in [6, 6.07) is 6.98. The summed E-state index contributed by atoms with van der Waals surface area (Å²) in [7, 11) is 0. The van der Waals surface area contributed by atoms with E-state index in [0.29, 0.717) is 11.3 Å². The number of H-pyrrole nitrogens is 1. The average molecular weight is 342 g/mol. The molecule has 6 nitrogen and oxygen atoms in total. The number of halogens is 2. The Morgan fingerprint density at radius 3 is 2.72 bits per heavy atom. The Labute approximate surface area is 139 Å². The minimum absolute atomic E-state index is 0.101. The minimum Gasteiger partial charge on any atom is -0.305 e. The number of nitrogens with one attached hydrogen (secondary N) is 1.